The van der Waals surface area contributed by atoms with Gasteiger partial charge in [0.05, 0.1) is 12.7 Å². The van der Waals surface area contributed by atoms with Crippen LogP contribution in [0.5, 0.6) is 11.5 Å². The van der Waals surface area contributed by atoms with E-state index in [-0.39, 0.29) is 11.0 Å². The summed E-state index contributed by atoms with van der Waals surface area (Å²) < 4.78 is 37.1. The molecule has 0 unspecified atom stereocenters. The quantitative estimate of drug-likeness (QED) is 0.617. The second-order valence-corrected chi connectivity index (χ2v) is 6.13. The van der Waals surface area contributed by atoms with E-state index in [1.807, 2.05) is 20.8 Å². The van der Waals surface area contributed by atoms with Crippen LogP contribution in [0.2, 0.25) is 0 Å². The van der Waals surface area contributed by atoms with Crippen molar-refractivity contribution in [2.45, 2.75) is 26.2 Å². The lowest BCUT2D eigenvalue weighted by molar-refractivity contribution is 0.0726. The molecule has 0 spiro atoms. The molecule has 2 aromatic rings. The van der Waals surface area contributed by atoms with Gasteiger partial charge in [0.25, 0.3) is 0 Å². The fourth-order valence-electron chi connectivity index (χ4n) is 2.12. The molecule has 0 aliphatic heterocycles. The topological polar surface area (TPSA) is 35.5 Å². The van der Waals surface area contributed by atoms with E-state index in [1.54, 1.807) is 25.3 Å². The van der Waals surface area contributed by atoms with Gasteiger partial charge in [-0.3, -0.25) is 0 Å². The number of benzene rings is 2. The molecule has 3 nitrogen and oxygen atoms in total. The molecular formula is C18H18F2O3. The minimum atomic E-state index is -0.958. The first kappa shape index (κ1) is 16.9. The lowest BCUT2D eigenvalue weighted by atomic mass is 9.86. The number of methoxy groups -OCH3 is 1. The monoisotopic (exact) mass is 320 g/mol. The molecule has 2 rings (SSSR count). The van der Waals surface area contributed by atoms with Crippen LogP contribution in [0.3, 0.4) is 0 Å². The van der Waals surface area contributed by atoms with E-state index in [1.165, 1.54) is 0 Å². The predicted molar refractivity (Wildman–Crippen MR) is 83.0 cm³/mol. The Morgan fingerprint density at radius 1 is 1.04 bits per heavy atom. The van der Waals surface area contributed by atoms with Crippen molar-refractivity contribution in [3.8, 4) is 11.5 Å². The van der Waals surface area contributed by atoms with E-state index in [9.17, 15) is 13.6 Å². The number of rotatable bonds is 3. The first-order valence-corrected chi connectivity index (χ1v) is 7.08. The smallest absolute Gasteiger partial charge is 0.346 e. The van der Waals surface area contributed by atoms with Crippen LogP contribution in [0.25, 0.3) is 0 Å². The number of carbonyl (C=O) groups is 1. The Morgan fingerprint density at radius 2 is 1.74 bits per heavy atom. The van der Waals surface area contributed by atoms with E-state index < -0.39 is 17.6 Å². The predicted octanol–water partition coefficient (Wildman–Crippen LogP) is 4.49. The van der Waals surface area contributed by atoms with Crippen LogP contribution < -0.4 is 9.47 Å². The molecule has 0 atom stereocenters. The summed E-state index contributed by atoms with van der Waals surface area (Å²) in [5.74, 6) is -1.65. The van der Waals surface area contributed by atoms with Gasteiger partial charge in [0.15, 0.2) is 0 Å². The van der Waals surface area contributed by atoms with Gasteiger partial charge < -0.3 is 9.47 Å². The van der Waals surface area contributed by atoms with Crippen LogP contribution in [-0.4, -0.2) is 13.1 Å². The molecule has 0 saturated heterocycles. The largest absolute Gasteiger partial charge is 0.497 e. The van der Waals surface area contributed by atoms with Crippen LogP contribution >= 0.6 is 0 Å². The molecule has 0 N–H and O–H groups in total. The standard InChI is InChI=1S/C18H18F2O3/c1-18(2,3)14-10-12(22-4)6-8-16(14)23-17(21)13-7-5-11(19)9-15(13)20/h5-10H,1-4H3. The average Bonchev–Trinajstić information content (AvgIpc) is 2.46. The minimum Gasteiger partial charge on any atom is -0.497 e. The van der Waals surface area contributed by atoms with Crippen molar-refractivity contribution in [1.29, 1.82) is 0 Å². The molecule has 0 aromatic heterocycles. The van der Waals surface area contributed by atoms with Gasteiger partial charge in [-0.1, -0.05) is 20.8 Å². The van der Waals surface area contributed by atoms with Gasteiger partial charge >= 0.3 is 5.97 Å². The lowest BCUT2D eigenvalue weighted by Crippen LogP contribution is -2.17. The van der Waals surface area contributed by atoms with Crippen molar-refractivity contribution in [3.05, 3.63) is 59.2 Å². The van der Waals surface area contributed by atoms with Crippen LogP contribution in [0.4, 0.5) is 8.78 Å². The highest BCUT2D eigenvalue weighted by atomic mass is 19.1. The molecule has 0 fully saturated rings. The third kappa shape index (κ3) is 3.86. The summed E-state index contributed by atoms with van der Waals surface area (Å²) in [4.78, 5) is 12.2. The number of esters is 1. The number of hydrogen-bond donors (Lipinski definition) is 0. The molecular weight excluding hydrogens is 302 g/mol. The van der Waals surface area contributed by atoms with Crippen molar-refractivity contribution in [2.24, 2.45) is 0 Å². The maximum atomic E-state index is 13.7. The molecule has 2 aromatic carbocycles. The summed E-state index contributed by atoms with van der Waals surface area (Å²) in [5, 5.41) is 0. The molecule has 5 heteroatoms. The molecule has 0 bridgehead atoms. The van der Waals surface area contributed by atoms with Crippen molar-refractivity contribution in [2.75, 3.05) is 7.11 Å². The van der Waals surface area contributed by atoms with Gasteiger partial charge in [-0.15, -0.1) is 0 Å². The molecule has 0 aliphatic rings. The Morgan fingerprint density at radius 3 is 2.30 bits per heavy atom. The van der Waals surface area contributed by atoms with Gasteiger partial charge in [-0.05, 0) is 35.7 Å². The maximum Gasteiger partial charge on any atom is 0.346 e. The highest BCUT2D eigenvalue weighted by molar-refractivity contribution is 5.91. The van der Waals surface area contributed by atoms with Crippen LogP contribution in [0.15, 0.2) is 36.4 Å². The highest BCUT2D eigenvalue weighted by Gasteiger charge is 2.23. The van der Waals surface area contributed by atoms with Gasteiger partial charge in [0.1, 0.15) is 23.1 Å². The summed E-state index contributed by atoms with van der Waals surface area (Å²) in [6.07, 6.45) is 0. The van der Waals surface area contributed by atoms with Gasteiger partial charge in [-0.25, -0.2) is 13.6 Å². The van der Waals surface area contributed by atoms with Gasteiger partial charge in [0, 0.05) is 11.6 Å². The number of halogens is 2. The Balaban J connectivity index is 2.37. The van der Waals surface area contributed by atoms with E-state index >= 15 is 0 Å². The number of carbonyl (C=O) groups excluding carboxylic acids is 1. The van der Waals surface area contributed by atoms with E-state index in [4.69, 9.17) is 9.47 Å². The Labute approximate surface area is 133 Å². The normalized spacial score (nSPS) is 11.2. The van der Waals surface area contributed by atoms with E-state index in [0.717, 1.165) is 17.7 Å². The minimum absolute atomic E-state index is 0.312. The molecule has 0 saturated carbocycles. The second-order valence-electron chi connectivity index (χ2n) is 6.13. The SMILES string of the molecule is COc1ccc(OC(=O)c2ccc(F)cc2F)c(C(C)(C)C)c1. The molecule has 0 aliphatic carbocycles. The van der Waals surface area contributed by atoms with Crippen LogP contribution in [0, 0.1) is 11.6 Å². The average molecular weight is 320 g/mol. The molecule has 23 heavy (non-hydrogen) atoms. The summed E-state index contributed by atoms with van der Waals surface area (Å²) in [7, 11) is 1.54. The summed E-state index contributed by atoms with van der Waals surface area (Å²) >= 11 is 0. The molecule has 0 radical (unpaired) electrons. The first-order valence-electron chi connectivity index (χ1n) is 7.08. The fourth-order valence-corrected chi connectivity index (χ4v) is 2.12. The Hall–Kier alpha value is -2.43. The van der Waals surface area contributed by atoms with Gasteiger partial charge in [0.2, 0.25) is 0 Å². The summed E-state index contributed by atoms with van der Waals surface area (Å²) in [6.45, 7) is 5.87. The van der Waals surface area contributed by atoms with Gasteiger partial charge in [-0.2, -0.15) is 0 Å². The molecule has 0 heterocycles. The summed E-state index contributed by atoms with van der Waals surface area (Å²) in [6, 6.07) is 7.74. The Bertz CT molecular complexity index is 734. The van der Waals surface area contributed by atoms with Crippen molar-refractivity contribution in [3.63, 3.8) is 0 Å². The highest BCUT2D eigenvalue weighted by Crippen LogP contribution is 2.34. The summed E-state index contributed by atoms with van der Waals surface area (Å²) in [5.41, 5.74) is 0.112. The third-order valence-electron chi connectivity index (χ3n) is 3.35. The van der Waals surface area contributed by atoms with Crippen LogP contribution in [-0.2, 0) is 5.41 Å². The zero-order chi connectivity index (χ0) is 17.2. The molecule has 0 amide bonds. The van der Waals surface area contributed by atoms with Crippen molar-refractivity contribution >= 4 is 5.97 Å². The van der Waals surface area contributed by atoms with E-state index in [2.05, 4.69) is 0 Å². The zero-order valence-corrected chi connectivity index (χ0v) is 13.4. The Kier molecular flexibility index (Phi) is 4.68. The zero-order valence-electron chi connectivity index (χ0n) is 13.4. The number of ether oxygens (including phenoxy) is 2. The molecule has 122 valence electrons. The first-order chi connectivity index (χ1) is 10.7. The van der Waals surface area contributed by atoms with Crippen molar-refractivity contribution < 1.29 is 23.0 Å². The van der Waals surface area contributed by atoms with Crippen LogP contribution in [0.1, 0.15) is 36.7 Å². The van der Waals surface area contributed by atoms with Crippen molar-refractivity contribution in [1.82, 2.24) is 0 Å². The maximum absolute atomic E-state index is 13.7. The second kappa shape index (κ2) is 6.36. The fraction of sp³-hybridized carbons (Fsp3) is 0.278. The third-order valence-corrected chi connectivity index (χ3v) is 3.35. The lowest BCUT2D eigenvalue weighted by Gasteiger charge is -2.23. The number of hydrogen-bond acceptors (Lipinski definition) is 3. The van der Waals surface area contributed by atoms with E-state index in [0.29, 0.717) is 17.6 Å².